The molecule has 1 amide bonds. The van der Waals surface area contributed by atoms with Crippen molar-refractivity contribution >= 4 is 17.3 Å². The molecular weight excluding hydrogens is 266 g/mol. The first-order valence-electron chi connectivity index (χ1n) is 6.71. The predicted octanol–water partition coefficient (Wildman–Crippen LogP) is 1.37. The molecule has 5 nitrogen and oxygen atoms in total. The number of amides is 1. The van der Waals surface area contributed by atoms with Crippen LogP contribution in [0.2, 0.25) is 0 Å². The molecule has 5 heteroatoms. The van der Waals surface area contributed by atoms with Crippen molar-refractivity contribution in [3.63, 3.8) is 0 Å². The Labute approximate surface area is 123 Å². The summed E-state index contributed by atoms with van der Waals surface area (Å²) in [6, 6.07) is 15.0. The van der Waals surface area contributed by atoms with Crippen molar-refractivity contribution in [2.24, 2.45) is 5.73 Å². The molecule has 2 aromatic carbocycles. The molecule has 21 heavy (non-hydrogen) atoms. The van der Waals surface area contributed by atoms with E-state index in [0.29, 0.717) is 30.0 Å². The fourth-order valence-corrected chi connectivity index (χ4v) is 2.25. The second-order valence-corrected chi connectivity index (χ2v) is 4.73. The summed E-state index contributed by atoms with van der Waals surface area (Å²) in [5.74, 6) is -0.557. The minimum atomic E-state index is -0.557. The molecule has 0 spiro atoms. The normalized spacial score (nSPS) is 10.3. The van der Waals surface area contributed by atoms with Crippen LogP contribution in [0, 0.1) is 0 Å². The van der Waals surface area contributed by atoms with E-state index in [4.69, 9.17) is 11.5 Å². The van der Waals surface area contributed by atoms with Gasteiger partial charge in [0, 0.05) is 13.1 Å². The van der Waals surface area contributed by atoms with Gasteiger partial charge in [0.2, 0.25) is 0 Å². The molecule has 0 fully saturated rings. The Kier molecular flexibility index (Phi) is 4.79. The first kappa shape index (κ1) is 14.9. The second-order valence-electron chi connectivity index (χ2n) is 4.73. The molecule has 0 saturated heterocycles. The van der Waals surface area contributed by atoms with E-state index in [9.17, 15) is 9.90 Å². The highest BCUT2D eigenvalue weighted by Gasteiger charge is 2.15. The van der Waals surface area contributed by atoms with Crippen molar-refractivity contribution in [3.8, 4) is 0 Å². The van der Waals surface area contributed by atoms with Gasteiger partial charge in [-0.15, -0.1) is 0 Å². The van der Waals surface area contributed by atoms with Crippen molar-refractivity contribution in [2.45, 2.75) is 6.54 Å². The molecule has 0 aromatic heterocycles. The molecule has 110 valence electrons. The maximum atomic E-state index is 11.4. The van der Waals surface area contributed by atoms with Crippen LogP contribution in [-0.4, -0.2) is 24.2 Å². The Bertz CT molecular complexity index is 614. The zero-order chi connectivity index (χ0) is 15.2. The molecule has 0 unspecified atom stereocenters. The van der Waals surface area contributed by atoms with E-state index in [0.717, 1.165) is 5.56 Å². The van der Waals surface area contributed by atoms with Gasteiger partial charge in [0.15, 0.2) is 0 Å². The lowest BCUT2D eigenvalue weighted by molar-refractivity contribution is 0.100. The van der Waals surface area contributed by atoms with Gasteiger partial charge in [0.1, 0.15) is 0 Å². The van der Waals surface area contributed by atoms with Crippen molar-refractivity contribution in [2.75, 3.05) is 23.8 Å². The fourth-order valence-electron chi connectivity index (χ4n) is 2.25. The van der Waals surface area contributed by atoms with E-state index in [1.165, 1.54) is 0 Å². The number of hydrogen-bond donors (Lipinski definition) is 3. The first-order chi connectivity index (χ1) is 10.1. The van der Waals surface area contributed by atoms with Crippen LogP contribution in [0.1, 0.15) is 15.9 Å². The van der Waals surface area contributed by atoms with Crippen LogP contribution in [0.3, 0.4) is 0 Å². The predicted molar refractivity (Wildman–Crippen MR) is 84.0 cm³/mol. The molecule has 0 aliphatic carbocycles. The first-order valence-corrected chi connectivity index (χ1v) is 6.71. The summed E-state index contributed by atoms with van der Waals surface area (Å²) in [5.41, 5.74) is 13.8. The van der Waals surface area contributed by atoms with Gasteiger partial charge in [-0.1, -0.05) is 36.4 Å². The fraction of sp³-hybridized carbons (Fsp3) is 0.188. The summed E-state index contributed by atoms with van der Waals surface area (Å²) >= 11 is 0. The lowest BCUT2D eigenvalue weighted by Gasteiger charge is -2.26. The molecule has 0 heterocycles. The van der Waals surface area contributed by atoms with E-state index in [1.54, 1.807) is 12.1 Å². The second kappa shape index (κ2) is 6.76. The third-order valence-corrected chi connectivity index (χ3v) is 3.28. The Hall–Kier alpha value is -2.53. The number of nitrogen functional groups attached to an aromatic ring is 1. The maximum Gasteiger partial charge on any atom is 0.250 e. The van der Waals surface area contributed by atoms with Crippen molar-refractivity contribution in [1.82, 2.24) is 0 Å². The third kappa shape index (κ3) is 3.52. The molecule has 0 aliphatic heterocycles. The molecular formula is C16H19N3O2. The van der Waals surface area contributed by atoms with E-state index < -0.39 is 5.91 Å². The zero-order valence-electron chi connectivity index (χ0n) is 11.7. The van der Waals surface area contributed by atoms with Crippen molar-refractivity contribution in [1.29, 1.82) is 0 Å². The van der Waals surface area contributed by atoms with Crippen LogP contribution in [0.15, 0.2) is 48.5 Å². The minimum Gasteiger partial charge on any atom is -0.396 e. The standard InChI is InChI=1S/C16H19N3O2/c17-15-13(16(18)21)7-4-8-14(15)19(9-10-20)11-12-5-2-1-3-6-12/h1-8,20H,9-11,17H2,(H2,18,21). The Morgan fingerprint density at radius 2 is 1.81 bits per heavy atom. The van der Waals surface area contributed by atoms with Crippen LogP contribution < -0.4 is 16.4 Å². The van der Waals surface area contributed by atoms with Gasteiger partial charge in [-0.2, -0.15) is 0 Å². The monoisotopic (exact) mass is 285 g/mol. The number of hydrogen-bond acceptors (Lipinski definition) is 4. The minimum absolute atomic E-state index is 0.00687. The summed E-state index contributed by atoms with van der Waals surface area (Å²) in [6.45, 7) is 1.00. The number of carbonyl (C=O) groups is 1. The summed E-state index contributed by atoms with van der Waals surface area (Å²) in [4.78, 5) is 13.3. The van der Waals surface area contributed by atoms with Gasteiger partial charge < -0.3 is 21.5 Å². The molecule has 2 aromatic rings. The quantitative estimate of drug-likeness (QED) is 0.699. The molecule has 0 atom stereocenters. The number of para-hydroxylation sites is 1. The van der Waals surface area contributed by atoms with Crippen LogP contribution in [0.4, 0.5) is 11.4 Å². The largest absolute Gasteiger partial charge is 0.396 e. The number of rotatable bonds is 6. The van der Waals surface area contributed by atoms with E-state index in [2.05, 4.69) is 0 Å². The number of primary amides is 1. The maximum absolute atomic E-state index is 11.4. The van der Waals surface area contributed by atoms with Gasteiger partial charge in [-0.3, -0.25) is 4.79 Å². The smallest absolute Gasteiger partial charge is 0.250 e. The summed E-state index contributed by atoms with van der Waals surface area (Å²) < 4.78 is 0. The zero-order valence-corrected chi connectivity index (χ0v) is 11.7. The van der Waals surface area contributed by atoms with Gasteiger partial charge in [0.05, 0.1) is 23.5 Å². The van der Waals surface area contributed by atoms with Crippen LogP contribution in [0.25, 0.3) is 0 Å². The van der Waals surface area contributed by atoms with Gasteiger partial charge >= 0.3 is 0 Å². The molecule has 5 N–H and O–H groups in total. The van der Waals surface area contributed by atoms with Gasteiger partial charge in [0.25, 0.3) is 5.91 Å². The molecule has 0 saturated carbocycles. The highest BCUT2D eigenvalue weighted by atomic mass is 16.3. The van der Waals surface area contributed by atoms with Crippen LogP contribution in [-0.2, 0) is 6.54 Å². The number of nitrogens with zero attached hydrogens (tertiary/aromatic N) is 1. The Balaban J connectivity index is 2.34. The Morgan fingerprint density at radius 1 is 1.10 bits per heavy atom. The van der Waals surface area contributed by atoms with Crippen LogP contribution >= 0.6 is 0 Å². The molecule has 0 bridgehead atoms. The van der Waals surface area contributed by atoms with Crippen LogP contribution in [0.5, 0.6) is 0 Å². The number of aliphatic hydroxyl groups is 1. The SMILES string of the molecule is NC(=O)c1cccc(N(CCO)Cc2ccccc2)c1N. The average Bonchev–Trinajstić information content (AvgIpc) is 2.48. The van der Waals surface area contributed by atoms with Gasteiger partial charge in [-0.05, 0) is 17.7 Å². The summed E-state index contributed by atoms with van der Waals surface area (Å²) in [5, 5.41) is 9.27. The molecule has 0 radical (unpaired) electrons. The lowest BCUT2D eigenvalue weighted by Crippen LogP contribution is -2.27. The summed E-state index contributed by atoms with van der Waals surface area (Å²) in [6.07, 6.45) is 0. The Morgan fingerprint density at radius 3 is 2.43 bits per heavy atom. The summed E-state index contributed by atoms with van der Waals surface area (Å²) in [7, 11) is 0. The van der Waals surface area contributed by atoms with Gasteiger partial charge in [-0.25, -0.2) is 0 Å². The average molecular weight is 285 g/mol. The number of carbonyl (C=O) groups excluding carboxylic acids is 1. The number of aliphatic hydroxyl groups excluding tert-OH is 1. The highest BCUT2D eigenvalue weighted by Crippen LogP contribution is 2.27. The van der Waals surface area contributed by atoms with E-state index in [-0.39, 0.29) is 6.61 Å². The topological polar surface area (TPSA) is 92.6 Å². The van der Waals surface area contributed by atoms with Crippen molar-refractivity contribution < 1.29 is 9.90 Å². The van der Waals surface area contributed by atoms with E-state index >= 15 is 0 Å². The number of benzene rings is 2. The highest BCUT2D eigenvalue weighted by molar-refractivity contribution is 6.00. The lowest BCUT2D eigenvalue weighted by atomic mass is 10.1. The number of anilines is 2. The van der Waals surface area contributed by atoms with E-state index in [1.807, 2.05) is 41.3 Å². The molecule has 2 rings (SSSR count). The molecule has 0 aliphatic rings. The van der Waals surface area contributed by atoms with Crippen molar-refractivity contribution in [3.05, 3.63) is 59.7 Å². The third-order valence-electron chi connectivity index (χ3n) is 3.28. The number of nitrogens with two attached hydrogens (primary N) is 2.